The molecule has 0 atom stereocenters. The van der Waals surface area contributed by atoms with Crippen LogP contribution in [0.4, 0.5) is 0 Å². The second-order valence-corrected chi connectivity index (χ2v) is 3.57. The van der Waals surface area contributed by atoms with E-state index in [1.165, 1.54) is 0 Å². The average Bonchev–Trinajstić information content (AvgIpc) is 2.49. The van der Waals surface area contributed by atoms with Crippen LogP contribution in [0.2, 0.25) is 0 Å². The summed E-state index contributed by atoms with van der Waals surface area (Å²) in [6.45, 7) is 0. The second kappa shape index (κ2) is 4.62. The number of rotatable bonds is 2. The molecule has 6 nitrogen and oxygen atoms in total. The van der Waals surface area contributed by atoms with Crippen LogP contribution in [0.15, 0.2) is 61.2 Å². The average molecular weight is 238 g/mol. The number of hydrogen-bond donors (Lipinski definition) is 0. The van der Waals surface area contributed by atoms with Gasteiger partial charge in [0, 0.05) is 0 Å². The molecular weight excluding hydrogens is 228 g/mol. The first-order valence-electron chi connectivity index (χ1n) is 5.44. The predicted molar refractivity (Wildman–Crippen MR) is 60.7 cm³/mol. The van der Waals surface area contributed by atoms with Gasteiger partial charge in [-0.2, -0.15) is 0 Å². The molecule has 0 unspecified atom stereocenters. The standard InChI is InChI=1S/C12H10N6/c1-3-7-17(8-4-1)11-13-15-12(16-14-11)18-9-5-2-6-10-18/h1-10H/q+2. The fourth-order valence-electron chi connectivity index (χ4n) is 1.49. The molecule has 0 saturated heterocycles. The van der Waals surface area contributed by atoms with Crippen molar-refractivity contribution in [2.45, 2.75) is 0 Å². The molecule has 0 radical (unpaired) electrons. The van der Waals surface area contributed by atoms with E-state index in [1.807, 2.05) is 61.2 Å². The quantitative estimate of drug-likeness (QED) is 0.581. The summed E-state index contributed by atoms with van der Waals surface area (Å²) in [6.07, 6.45) is 7.37. The van der Waals surface area contributed by atoms with E-state index in [-0.39, 0.29) is 0 Å². The summed E-state index contributed by atoms with van der Waals surface area (Å²) in [5.41, 5.74) is 0. The molecule has 0 aromatic carbocycles. The van der Waals surface area contributed by atoms with E-state index < -0.39 is 0 Å². The van der Waals surface area contributed by atoms with Crippen molar-refractivity contribution in [3.8, 4) is 11.9 Å². The van der Waals surface area contributed by atoms with Gasteiger partial charge in [0.1, 0.15) is 20.4 Å². The molecule has 0 aliphatic carbocycles. The van der Waals surface area contributed by atoms with Gasteiger partial charge in [0.25, 0.3) is 0 Å². The molecule has 0 aliphatic heterocycles. The maximum absolute atomic E-state index is 4.04. The van der Waals surface area contributed by atoms with E-state index in [9.17, 15) is 0 Å². The summed E-state index contributed by atoms with van der Waals surface area (Å²) in [7, 11) is 0. The van der Waals surface area contributed by atoms with Gasteiger partial charge in [-0.25, -0.2) is 9.13 Å². The van der Waals surface area contributed by atoms with E-state index in [1.54, 1.807) is 9.13 Å². The van der Waals surface area contributed by atoms with Crippen LogP contribution in [0.1, 0.15) is 0 Å². The fraction of sp³-hybridized carbons (Fsp3) is 0. The van der Waals surface area contributed by atoms with Crippen molar-refractivity contribution >= 4 is 0 Å². The Bertz CT molecular complexity index is 565. The van der Waals surface area contributed by atoms with Gasteiger partial charge >= 0.3 is 11.9 Å². The molecule has 0 bridgehead atoms. The Morgan fingerprint density at radius 3 is 1.17 bits per heavy atom. The molecule has 6 heteroatoms. The molecule has 3 heterocycles. The molecule has 18 heavy (non-hydrogen) atoms. The molecule has 3 aromatic heterocycles. The zero-order chi connectivity index (χ0) is 12.2. The van der Waals surface area contributed by atoms with Crippen LogP contribution >= 0.6 is 0 Å². The smallest absolute Gasteiger partial charge is 0.201 e. The molecule has 0 saturated carbocycles. The molecule has 3 rings (SSSR count). The normalized spacial score (nSPS) is 10.2. The monoisotopic (exact) mass is 238 g/mol. The van der Waals surface area contributed by atoms with Crippen molar-refractivity contribution in [2.75, 3.05) is 0 Å². The Morgan fingerprint density at radius 2 is 0.833 bits per heavy atom. The fourth-order valence-corrected chi connectivity index (χ4v) is 1.49. The van der Waals surface area contributed by atoms with Crippen LogP contribution in [0, 0.1) is 0 Å². The van der Waals surface area contributed by atoms with Gasteiger partial charge in [0.2, 0.25) is 0 Å². The largest absolute Gasteiger partial charge is 0.512 e. The van der Waals surface area contributed by atoms with E-state index in [0.29, 0.717) is 11.9 Å². The molecule has 86 valence electrons. The second-order valence-electron chi connectivity index (χ2n) is 3.57. The minimum absolute atomic E-state index is 0.441. The van der Waals surface area contributed by atoms with Crippen LogP contribution in [0.3, 0.4) is 0 Å². The zero-order valence-electron chi connectivity index (χ0n) is 9.46. The first kappa shape index (κ1) is 10.4. The Balaban J connectivity index is 1.95. The topological polar surface area (TPSA) is 59.3 Å². The third-order valence-corrected chi connectivity index (χ3v) is 2.35. The van der Waals surface area contributed by atoms with E-state index in [2.05, 4.69) is 20.4 Å². The first-order valence-corrected chi connectivity index (χ1v) is 5.44. The number of aromatic nitrogens is 6. The van der Waals surface area contributed by atoms with Gasteiger partial charge in [-0.3, -0.25) is 0 Å². The molecule has 0 aliphatic rings. The van der Waals surface area contributed by atoms with E-state index in [4.69, 9.17) is 0 Å². The summed E-state index contributed by atoms with van der Waals surface area (Å²) in [5.74, 6) is 0.881. The zero-order valence-corrected chi connectivity index (χ0v) is 9.46. The van der Waals surface area contributed by atoms with Gasteiger partial charge in [-0.05, 0) is 24.3 Å². The van der Waals surface area contributed by atoms with Gasteiger partial charge in [-0.15, -0.1) is 0 Å². The van der Waals surface area contributed by atoms with Crippen molar-refractivity contribution in [3.63, 3.8) is 0 Å². The van der Waals surface area contributed by atoms with Crippen molar-refractivity contribution in [1.82, 2.24) is 20.4 Å². The Morgan fingerprint density at radius 1 is 0.500 bits per heavy atom. The minimum atomic E-state index is 0.441. The minimum Gasteiger partial charge on any atom is -0.201 e. The third-order valence-electron chi connectivity index (χ3n) is 2.35. The molecule has 0 spiro atoms. The lowest BCUT2D eigenvalue weighted by molar-refractivity contribution is -0.612. The van der Waals surface area contributed by atoms with Gasteiger partial charge in [-0.1, -0.05) is 12.1 Å². The number of hydrogen-bond acceptors (Lipinski definition) is 4. The highest BCUT2D eigenvalue weighted by Gasteiger charge is 2.21. The van der Waals surface area contributed by atoms with Crippen LogP contribution in [-0.4, -0.2) is 20.4 Å². The summed E-state index contributed by atoms with van der Waals surface area (Å²) < 4.78 is 3.50. The molecule has 0 N–H and O–H groups in total. The van der Waals surface area contributed by atoms with Crippen molar-refractivity contribution in [3.05, 3.63) is 61.2 Å². The summed E-state index contributed by atoms with van der Waals surface area (Å²) in [4.78, 5) is 0. The Labute approximate surface area is 103 Å². The molecule has 0 amide bonds. The van der Waals surface area contributed by atoms with E-state index in [0.717, 1.165) is 0 Å². The predicted octanol–water partition coefficient (Wildman–Crippen LogP) is -0.180. The third kappa shape index (κ3) is 2.03. The molecule has 0 fully saturated rings. The molecular formula is C12H10N6+2. The van der Waals surface area contributed by atoms with Crippen LogP contribution < -0.4 is 9.13 Å². The number of nitrogens with zero attached hydrogens (tertiary/aromatic N) is 6. The SMILES string of the molecule is c1cc[n+](-c2nnc(-[n+]3ccccc3)nn2)cc1. The lowest BCUT2D eigenvalue weighted by atomic mass is 10.5. The van der Waals surface area contributed by atoms with Crippen LogP contribution in [0.5, 0.6) is 0 Å². The van der Waals surface area contributed by atoms with Gasteiger partial charge < -0.3 is 0 Å². The maximum Gasteiger partial charge on any atom is 0.512 e. The summed E-state index contributed by atoms with van der Waals surface area (Å²) in [6, 6.07) is 11.4. The number of pyridine rings is 2. The highest BCUT2D eigenvalue weighted by Crippen LogP contribution is 1.88. The molecule has 3 aromatic rings. The lowest BCUT2D eigenvalue weighted by Crippen LogP contribution is -2.37. The van der Waals surface area contributed by atoms with E-state index >= 15 is 0 Å². The van der Waals surface area contributed by atoms with Crippen molar-refractivity contribution in [2.24, 2.45) is 0 Å². The Hall–Kier alpha value is -2.76. The van der Waals surface area contributed by atoms with Crippen LogP contribution in [0.25, 0.3) is 11.9 Å². The van der Waals surface area contributed by atoms with Crippen LogP contribution in [-0.2, 0) is 0 Å². The highest BCUT2D eigenvalue weighted by molar-refractivity contribution is 4.95. The highest BCUT2D eigenvalue weighted by atomic mass is 15.4. The van der Waals surface area contributed by atoms with Crippen molar-refractivity contribution in [1.29, 1.82) is 0 Å². The first-order chi connectivity index (χ1) is 8.93. The van der Waals surface area contributed by atoms with Crippen molar-refractivity contribution < 1.29 is 9.13 Å². The maximum atomic E-state index is 4.04. The summed E-state index contributed by atoms with van der Waals surface area (Å²) in [5, 5.41) is 16.2. The summed E-state index contributed by atoms with van der Waals surface area (Å²) >= 11 is 0. The Kier molecular flexibility index (Phi) is 2.67. The van der Waals surface area contributed by atoms with Gasteiger partial charge in [0.15, 0.2) is 0 Å². The lowest BCUT2D eigenvalue weighted by Gasteiger charge is -1.90. The van der Waals surface area contributed by atoms with Gasteiger partial charge in [0.05, 0.1) is 24.8 Å².